The molecule has 1 aromatic heterocycles. The summed E-state index contributed by atoms with van der Waals surface area (Å²) in [5.74, 6) is 6.30. The lowest BCUT2D eigenvalue weighted by Crippen LogP contribution is -2.15. The predicted molar refractivity (Wildman–Crippen MR) is 86.0 cm³/mol. The van der Waals surface area contributed by atoms with Gasteiger partial charge < -0.3 is 11.1 Å². The number of amides is 1. The number of hydrogen-bond donors (Lipinski definition) is 2. The Balaban J connectivity index is 1.90. The fourth-order valence-electron chi connectivity index (χ4n) is 1.56. The summed E-state index contributed by atoms with van der Waals surface area (Å²) in [4.78, 5) is 17.2. The molecule has 4 nitrogen and oxygen atoms in total. The maximum absolute atomic E-state index is 11.9. The third-order valence-corrected chi connectivity index (χ3v) is 3.46. The molecule has 0 saturated heterocycles. The number of nitrogens with two attached hydrogens (primary N) is 1. The zero-order valence-electron chi connectivity index (χ0n) is 11.4. The third kappa shape index (κ3) is 5.30. The first kappa shape index (κ1) is 15.1. The molecule has 0 atom stereocenters. The molecule has 0 aliphatic heterocycles. The van der Waals surface area contributed by atoms with Crippen molar-refractivity contribution in [3.05, 3.63) is 54.2 Å². The topological polar surface area (TPSA) is 68.0 Å². The lowest BCUT2D eigenvalue weighted by molar-refractivity contribution is -0.113. The molecule has 5 heteroatoms. The maximum Gasteiger partial charge on any atom is 0.235 e. The zero-order valence-corrected chi connectivity index (χ0v) is 12.2. The summed E-state index contributed by atoms with van der Waals surface area (Å²) in [6.45, 7) is 0.284. The molecule has 2 aromatic rings. The van der Waals surface area contributed by atoms with E-state index in [0.29, 0.717) is 17.3 Å². The van der Waals surface area contributed by atoms with E-state index in [9.17, 15) is 4.79 Å². The van der Waals surface area contributed by atoms with Crippen LogP contribution in [0.5, 0.6) is 0 Å². The molecule has 0 fully saturated rings. The first-order valence-corrected chi connectivity index (χ1v) is 7.40. The maximum atomic E-state index is 11.9. The molecule has 3 N–H and O–H groups in total. The van der Waals surface area contributed by atoms with Crippen molar-refractivity contribution >= 4 is 23.5 Å². The fourth-order valence-corrected chi connectivity index (χ4v) is 2.28. The van der Waals surface area contributed by atoms with E-state index in [4.69, 9.17) is 5.73 Å². The van der Waals surface area contributed by atoms with Gasteiger partial charge in [-0.1, -0.05) is 30.2 Å². The third-order valence-electron chi connectivity index (χ3n) is 2.45. The Morgan fingerprint density at radius 2 is 2.00 bits per heavy atom. The number of nitrogens with zero attached hydrogens (tertiary/aromatic N) is 1. The van der Waals surface area contributed by atoms with Crippen LogP contribution in [0.2, 0.25) is 0 Å². The Labute approximate surface area is 128 Å². The summed E-state index contributed by atoms with van der Waals surface area (Å²) in [6.07, 6.45) is 0. The van der Waals surface area contributed by atoms with Crippen LogP contribution < -0.4 is 11.1 Å². The van der Waals surface area contributed by atoms with Crippen LogP contribution in [0.15, 0.2) is 53.4 Å². The van der Waals surface area contributed by atoms with Gasteiger partial charge in [0.05, 0.1) is 12.3 Å². The summed E-state index contributed by atoms with van der Waals surface area (Å²) in [5, 5.41) is 2.76. The predicted octanol–water partition coefficient (Wildman–Crippen LogP) is 2.12. The van der Waals surface area contributed by atoms with Crippen molar-refractivity contribution in [2.24, 2.45) is 5.73 Å². The lowest BCUT2D eigenvalue weighted by Gasteiger charge is -2.04. The Bertz CT molecular complexity index is 662. The summed E-state index contributed by atoms with van der Waals surface area (Å²) in [6, 6.07) is 15.1. The van der Waals surface area contributed by atoms with Crippen LogP contribution in [0.3, 0.4) is 0 Å². The van der Waals surface area contributed by atoms with Crippen molar-refractivity contribution in [3.8, 4) is 11.8 Å². The molecule has 1 amide bonds. The quantitative estimate of drug-likeness (QED) is 0.670. The molecule has 21 heavy (non-hydrogen) atoms. The number of anilines is 1. The second kappa shape index (κ2) is 8.10. The minimum absolute atomic E-state index is 0.0970. The Hall–Kier alpha value is -2.29. The number of aromatic nitrogens is 1. The van der Waals surface area contributed by atoms with E-state index in [1.165, 1.54) is 11.8 Å². The number of hydrogen-bond acceptors (Lipinski definition) is 4. The molecule has 0 aliphatic carbocycles. The molecule has 106 valence electrons. The second-order valence-corrected chi connectivity index (χ2v) is 5.11. The standard InChI is InChI=1S/C16H15N3OS/c17-11-5-7-13-6-4-10-15(18-13)19-16(20)12-21-14-8-2-1-3-9-14/h1-4,6,8-10H,11-12,17H2,(H,18,19,20). The highest BCUT2D eigenvalue weighted by molar-refractivity contribution is 8.00. The zero-order chi connectivity index (χ0) is 14.9. The molecule has 0 saturated carbocycles. The average molecular weight is 297 g/mol. The van der Waals surface area contributed by atoms with Gasteiger partial charge >= 0.3 is 0 Å². The molecular formula is C16H15N3OS. The fraction of sp³-hybridized carbons (Fsp3) is 0.125. The SMILES string of the molecule is NCC#Cc1cccc(NC(=O)CSc2ccccc2)n1. The van der Waals surface area contributed by atoms with Gasteiger partial charge in [-0.15, -0.1) is 11.8 Å². The van der Waals surface area contributed by atoms with Gasteiger partial charge in [0.25, 0.3) is 0 Å². The van der Waals surface area contributed by atoms with Crippen LogP contribution in [-0.2, 0) is 4.79 Å². The van der Waals surface area contributed by atoms with Crippen LogP contribution in [0.4, 0.5) is 5.82 Å². The highest BCUT2D eigenvalue weighted by atomic mass is 32.2. The highest BCUT2D eigenvalue weighted by Crippen LogP contribution is 2.17. The molecule has 0 radical (unpaired) electrons. The molecular weight excluding hydrogens is 282 g/mol. The molecule has 0 bridgehead atoms. The Morgan fingerprint density at radius 3 is 2.76 bits per heavy atom. The average Bonchev–Trinajstić information content (AvgIpc) is 2.52. The number of rotatable bonds is 4. The number of pyridine rings is 1. The van der Waals surface area contributed by atoms with Crippen LogP contribution in [0.25, 0.3) is 0 Å². The van der Waals surface area contributed by atoms with Crippen molar-refractivity contribution in [2.45, 2.75) is 4.90 Å². The Kier molecular flexibility index (Phi) is 5.83. The van der Waals surface area contributed by atoms with E-state index in [1.807, 2.05) is 30.3 Å². The summed E-state index contributed by atoms with van der Waals surface area (Å²) < 4.78 is 0. The van der Waals surface area contributed by atoms with Gasteiger partial charge in [0.15, 0.2) is 0 Å². The van der Waals surface area contributed by atoms with Gasteiger partial charge in [-0.3, -0.25) is 4.79 Å². The van der Waals surface area contributed by atoms with Crippen LogP contribution in [0.1, 0.15) is 5.69 Å². The second-order valence-electron chi connectivity index (χ2n) is 4.06. The first-order chi connectivity index (χ1) is 10.3. The molecule has 1 heterocycles. The number of carbonyl (C=O) groups excluding carboxylic acids is 1. The number of thioether (sulfide) groups is 1. The van der Waals surface area contributed by atoms with E-state index >= 15 is 0 Å². The van der Waals surface area contributed by atoms with Gasteiger partial charge in [0.1, 0.15) is 11.5 Å². The van der Waals surface area contributed by atoms with E-state index in [2.05, 4.69) is 22.1 Å². The highest BCUT2D eigenvalue weighted by Gasteiger charge is 2.04. The van der Waals surface area contributed by atoms with Gasteiger partial charge in [-0.25, -0.2) is 4.98 Å². The number of benzene rings is 1. The first-order valence-electron chi connectivity index (χ1n) is 6.41. The van der Waals surface area contributed by atoms with Gasteiger partial charge in [0, 0.05) is 4.90 Å². The number of carbonyl (C=O) groups is 1. The van der Waals surface area contributed by atoms with Gasteiger partial charge in [-0.2, -0.15) is 0 Å². The van der Waals surface area contributed by atoms with Crippen LogP contribution >= 0.6 is 11.8 Å². The minimum Gasteiger partial charge on any atom is -0.320 e. The van der Waals surface area contributed by atoms with Crippen LogP contribution in [-0.4, -0.2) is 23.2 Å². The van der Waals surface area contributed by atoms with E-state index in [1.54, 1.807) is 18.2 Å². The summed E-state index contributed by atoms with van der Waals surface area (Å²) >= 11 is 1.48. The normalized spacial score (nSPS) is 9.57. The molecule has 0 spiro atoms. The summed E-state index contributed by atoms with van der Waals surface area (Å²) in [7, 11) is 0. The Morgan fingerprint density at radius 1 is 1.19 bits per heavy atom. The van der Waals surface area contributed by atoms with Gasteiger partial charge in [0.2, 0.25) is 5.91 Å². The van der Waals surface area contributed by atoms with E-state index in [-0.39, 0.29) is 12.5 Å². The largest absolute Gasteiger partial charge is 0.320 e. The van der Waals surface area contributed by atoms with Gasteiger partial charge in [-0.05, 0) is 30.2 Å². The smallest absolute Gasteiger partial charge is 0.235 e. The van der Waals surface area contributed by atoms with Crippen molar-refractivity contribution < 1.29 is 4.79 Å². The van der Waals surface area contributed by atoms with Crippen LogP contribution in [0, 0.1) is 11.8 Å². The molecule has 0 unspecified atom stereocenters. The van der Waals surface area contributed by atoms with E-state index < -0.39 is 0 Å². The van der Waals surface area contributed by atoms with Crippen molar-refractivity contribution in [2.75, 3.05) is 17.6 Å². The van der Waals surface area contributed by atoms with Crippen molar-refractivity contribution in [3.63, 3.8) is 0 Å². The molecule has 1 aromatic carbocycles. The molecule has 2 rings (SSSR count). The summed E-state index contributed by atoms with van der Waals surface area (Å²) in [5.41, 5.74) is 5.91. The monoisotopic (exact) mass is 297 g/mol. The minimum atomic E-state index is -0.0970. The number of nitrogens with one attached hydrogen (secondary N) is 1. The van der Waals surface area contributed by atoms with E-state index in [0.717, 1.165) is 4.90 Å². The van der Waals surface area contributed by atoms with Crippen molar-refractivity contribution in [1.82, 2.24) is 4.98 Å². The lowest BCUT2D eigenvalue weighted by atomic mass is 10.3. The molecule has 0 aliphatic rings. The van der Waals surface area contributed by atoms with Crippen molar-refractivity contribution in [1.29, 1.82) is 0 Å².